The number of imide groups is 1. The van der Waals surface area contributed by atoms with Gasteiger partial charge in [-0.05, 0) is 0 Å². The number of rotatable bonds is 0. The summed E-state index contributed by atoms with van der Waals surface area (Å²) in [5.74, 6) is -0.387. The minimum Gasteiger partial charge on any atom is -0.296 e. The van der Waals surface area contributed by atoms with E-state index in [2.05, 4.69) is 5.32 Å². The Morgan fingerprint density at radius 1 is 1.25 bits per heavy atom. The first-order chi connectivity index (χ1) is 5.77. The lowest BCUT2D eigenvalue weighted by Crippen LogP contribution is -2.44. The van der Waals surface area contributed by atoms with Crippen molar-refractivity contribution in [3.63, 3.8) is 0 Å². The Morgan fingerprint density at radius 3 is 2.83 bits per heavy atom. The van der Waals surface area contributed by atoms with Crippen molar-refractivity contribution in [2.45, 2.75) is 6.42 Å². The lowest BCUT2D eigenvalue weighted by Gasteiger charge is -2.26. The van der Waals surface area contributed by atoms with Gasteiger partial charge in [0.1, 0.15) is 0 Å². The Bertz CT molecular complexity index is 291. The van der Waals surface area contributed by atoms with Gasteiger partial charge in [-0.1, -0.05) is 24.3 Å². The number of piperidine rings is 1. The van der Waals surface area contributed by atoms with Crippen LogP contribution in [0.4, 0.5) is 0 Å². The maximum absolute atomic E-state index is 11.2. The van der Waals surface area contributed by atoms with Crippen molar-refractivity contribution in [1.29, 1.82) is 0 Å². The van der Waals surface area contributed by atoms with Crippen molar-refractivity contribution >= 4 is 11.8 Å². The molecule has 0 saturated carbocycles. The minimum atomic E-state index is -0.170. The molecule has 1 fully saturated rings. The van der Waals surface area contributed by atoms with Crippen LogP contribution in [0.5, 0.6) is 0 Å². The highest BCUT2D eigenvalue weighted by atomic mass is 16.2. The van der Waals surface area contributed by atoms with Gasteiger partial charge in [0, 0.05) is 12.3 Å². The number of fused-ring (bicyclic) bond motifs is 1. The lowest BCUT2D eigenvalue weighted by atomic mass is 9.83. The molecule has 0 radical (unpaired) electrons. The zero-order chi connectivity index (χ0) is 8.55. The van der Waals surface area contributed by atoms with Crippen LogP contribution in [0.15, 0.2) is 24.3 Å². The highest BCUT2D eigenvalue weighted by Crippen LogP contribution is 2.25. The Balaban J connectivity index is 2.25. The van der Waals surface area contributed by atoms with Crippen molar-refractivity contribution < 1.29 is 9.59 Å². The summed E-state index contributed by atoms with van der Waals surface area (Å²) in [6, 6.07) is 0. The number of carbonyl (C=O) groups is 2. The molecule has 3 heteroatoms. The van der Waals surface area contributed by atoms with E-state index in [1.54, 1.807) is 0 Å². The summed E-state index contributed by atoms with van der Waals surface area (Å²) in [5, 5.41) is 2.32. The highest BCUT2D eigenvalue weighted by molar-refractivity contribution is 6.00. The molecule has 1 N–H and O–H groups in total. The van der Waals surface area contributed by atoms with E-state index in [0.29, 0.717) is 6.42 Å². The largest absolute Gasteiger partial charge is 0.296 e. The third-order valence-electron chi connectivity index (χ3n) is 2.24. The molecular weight excluding hydrogens is 154 g/mol. The fourth-order valence-electron chi connectivity index (χ4n) is 1.62. The van der Waals surface area contributed by atoms with Crippen molar-refractivity contribution in [3.05, 3.63) is 24.3 Å². The SMILES string of the molecule is O=C1CC2C=CC=CC2C(=O)N1. The number of allylic oxidation sites excluding steroid dienone is 3. The zero-order valence-corrected chi connectivity index (χ0v) is 6.49. The van der Waals surface area contributed by atoms with E-state index < -0.39 is 0 Å². The van der Waals surface area contributed by atoms with Gasteiger partial charge >= 0.3 is 0 Å². The fraction of sp³-hybridized carbons (Fsp3) is 0.333. The maximum Gasteiger partial charge on any atom is 0.234 e. The summed E-state index contributed by atoms with van der Waals surface area (Å²) in [4.78, 5) is 22.2. The quantitative estimate of drug-likeness (QED) is 0.525. The van der Waals surface area contributed by atoms with Gasteiger partial charge in [0.15, 0.2) is 0 Å². The van der Waals surface area contributed by atoms with Crippen LogP contribution in [-0.2, 0) is 9.59 Å². The summed E-state index contributed by atoms with van der Waals surface area (Å²) in [6.45, 7) is 0. The molecule has 12 heavy (non-hydrogen) atoms. The number of carbonyl (C=O) groups excluding carboxylic acids is 2. The van der Waals surface area contributed by atoms with E-state index in [1.165, 1.54) is 0 Å². The molecule has 1 aliphatic heterocycles. The van der Waals surface area contributed by atoms with E-state index in [9.17, 15) is 9.59 Å². The Hall–Kier alpha value is -1.38. The van der Waals surface area contributed by atoms with Gasteiger partial charge in [0.25, 0.3) is 0 Å². The second-order valence-electron chi connectivity index (χ2n) is 3.08. The third kappa shape index (κ3) is 1.07. The van der Waals surface area contributed by atoms with Gasteiger partial charge in [-0.2, -0.15) is 0 Å². The second-order valence-corrected chi connectivity index (χ2v) is 3.08. The molecule has 0 aromatic carbocycles. The zero-order valence-electron chi connectivity index (χ0n) is 6.49. The van der Waals surface area contributed by atoms with Crippen molar-refractivity contribution in [3.8, 4) is 0 Å². The number of nitrogens with one attached hydrogen (secondary N) is 1. The van der Waals surface area contributed by atoms with Crippen LogP contribution >= 0.6 is 0 Å². The average molecular weight is 163 g/mol. The monoisotopic (exact) mass is 163 g/mol. The fourth-order valence-corrected chi connectivity index (χ4v) is 1.62. The predicted octanol–water partition coefficient (Wildman–Crippen LogP) is 0.391. The molecule has 2 amide bonds. The van der Waals surface area contributed by atoms with Crippen LogP contribution in [0.3, 0.4) is 0 Å². The first-order valence-electron chi connectivity index (χ1n) is 3.96. The van der Waals surface area contributed by atoms with E-state index in [0.717, 1.165) is 0 Å². The second kappa shape index (κ2) is 2.59. The van der Waals surface area contributed by atoms with Crippen LogP contribution < -0.4 is 5.32 Å². The molecular formula is C9H9NO2. The summed E-state index contributed by atoms with van der Waals surface area (Å²) >= 11 is 0. The normalized spacial score (nSPS) is 33.0. The van der Waals surface area contributed by atoms with Gasteiger partial charge in [-0.25, -0.2) is 0 Å². The molecule has 2 aliphatic rings. The standard InChI is InChI=1S/C9H9NO2/c11-8-5-6-3-1-2-4-7(6)9(12)10-8/h1-4,6-7H,5H2,(H,10,11,12). The van der Waals surface area contributed by atoms with Gasteiger partial charge in [-0.3, -0.25) is 14.9 Å². The van der Waals surface area contributed by atoms with Crippen LogP contribution in [0.25, 0.3) is 0 Å². The maximum atomic E-state index is 11.2. The Labute approximate surface area is 70.1 Å². The van der Waals surface area contributed by atoms with Gasteiger partial charge in [0.2, 0.25) is 11.8 Å². The topological polar surface area (TPSA) is 46.2 Å². The summed E-state index contributed by atoms with van der Waals surface area (Å²) in [6.07, 6.45) is 7.91. The first kappa shape index (κ1) is 7.28. The summed E-state index contributed by atoms with van der Waals surface area (Å²) in [5.41, 5.74) is 0. The summed E-state index contributed by atoms with van der Waals surface area (Å²) < 4.78 is 0. The van der Waals surface area contributed by atoms with Crippen LogP contribution in [0.1, 0.15) is 6.42 Å². The third-order valence-corrected chi connectivity index (χ3v) is 2.24. The molecule has 3 nitrogen and oxygen atoms in total. The van der Waals surface area contributed by atoms with Crippen LogP contribution in [0.2, 0.25) is 0 Å². The molecule has 0 aromatic rings. The van der Waals surface area contributed by atoms with E-state index >= 15 is 0 Å². The lowest BCUT2D eigenvalue weighted by molar-refractivity contribution is -0.136. The van der Waals surface area contributed by atoms with Crippen molar-refractivity contribution in [1.82, 2.24) is 5.32 Å². The van der Waals surface area contributed by atoms with E-state index in [-0.39, 0.29) is 23.7 Å². The van der Waals surface area contributed by atoms with Gasteiger partial charge in [-0.15, -0.1) is 0 Å². The first-order valence-corrected chi connectivity index (χ1v) is 3.96. The highest BCUT2D eigenvalue weighted by Gasteiger charge is 2.33. The molecule has 0 aromatic heterocycles. The molecule has 1 saturated heterocycles. The van der Waals surface area contributed by atoms with E-state index in [4.69, 9.17) is 0 Å². The summed E-state index contributed by atoms with van der Waals surface area (Å²) in [7, 11) is 0. The number of hydrogen-bond acceptors (Lipinski definition) is 2. The molecule has 2 atom stereocenters. The Morgan fingerprint density at radius 2 is 2.00 bits per heavy atom. The minimum absolute atomic E-state index is 0.0799. The molecule has 62 valence electrons. The van der Waals surface area contributed by atoms with Crippen LogP contribution in [-0.4, -0.2) is 11.8 Å². The molecule has 0 bridgehead atoms. The predicted molar refractivity (Wildman–Crippen MR) is 43.0 cm³/mol. The number of amides is 2. The molecule has 2 unspecified atom stereocenters. The smallest absolute Gasteiger partial charge is 0.234 e. The van der Waals surface area contributed by atoms with Crippen molar-refractivity contribution in [2.24, 2.45) is 11.8 Å². The average Bonchev–Trinajstić information content (AvgIpc) is 2.04. The molecule has 1 heterocycles. The molecule has 0 spiro atoms. The number of hydrogen-bond donors (Lipinski definition) is 1. The Kier molecular flexibility index (Phi) is 1.57. The molecule has 2 rings (SSSR count). The van der Waals surface area contributed by atoms with Crippen molar-refractivity contribution in [2.75, 3.05) is 0 Å². The van der Waals surface area contributed by atoms with E-state index in [1.807, 2.05) is 24.3 Å². The van der Waals surface area contributed by atoms with Gasteiger partial charge < -0.3 is 0 Å². The van der Waals surface area contributed by atoms with Gasteiger partial charge in [0.05, 0.1) is 5.92 Å². The van der Waals surface area contributed by atoms with Crippen LogP contribution in [0, 0.1) is 11.8 Å². The molecule has 1 aliphatic carbocycles.